The summed E-state index contributed by atoms with van der Waals surface area (Å²) in [6.45, 7) is 3.10. The number of amides is 1. The Labute approximate surface area is 183 Å². The lowest BCUT2D eigenvalue weighted by Crippen LogP contribution is -2.49. The first-order chi connectivity index (χ1) is 14.4. The zero-order valence-electron chi connectivity index (χ0n) is 16.4. The Morgan fingerprint density at radius 2 is 2.13 bits per heavy atom. The van der Waals surface area contributed by atoms with E-state index >= 15 is 0 Å². The minimum absolute atomic E-state index is 0.0499. The molecule has 1 amide bonds. The molecule has 0 radical (unpaired) electrons. The van der Waals surface area contributed by atoms with Gasteiger partial charge < -0.3 is 26.4 Å². The molecule has 10 heteroatoms. The lowest BCUT2D eigenvalue weighted by atomic mass is 9.75. The first-order valence-electron chi connectivity index (χ1n) is 9.95. The summed E-state index contributed by atoms with van der Waals surface area (Å²) in [6.07, 6.45) is 4.06. The molecule has 3 aliphatic heterocycles. The number of carbonyl (C=O) groups excluding carboxylic acids is 1. The lowest BCUT2D eigenvalue weighted by molar-refractivity contribution is -0.115. The number of ether oxygens (including phenoxy) is 1. The maximum atomic E-state index is 11.6. The van der Waals surface area contributed by atoms with Crippen molar-refractivity contribution in [1.29, 1.82) is 0 Å². The van der Waals surface area contributed by atoms with E-state index in [-0.39, 0.29) is 17.4 Å². The average Bonchev–Trinajstić information content (AvgIpc) is 3.29. The third kappa shape index (κ3) is 3.39. The van der Waals surface area contributed by atoms with Crippen LogP contribution in [0.2, 0.25) is 5.02 Å². The summed E-state index contributed by atoms with van der Waals surface area (Å²) in [5.74, 6) is 1.08. The summed E-state index contributed by atoms with van der Waals surface area (Å²) in [4.78, 5) is 23.7. The smallest absolute Gasteiger partial charge is 0.228 e. The number of nitrogens with two attached hydrogens (primary N) is 2. The summed E-state index contributed by atoms with van der Waals surface area (Å²) in [5, 5.41) is 3.90. The van der Waals surface area contributed by atoms with Crippen molar-refractivity contribution < 1.29 is 9.53 Å². The van der Waals surface area contributed by atoms with E-state index in [2.05, 4.69) is 20.2 Å². The summed E-state index contributed by atoms with van der Waals surface area (Å²) in [5.41, 5.74) is 14.2. The number of hydrogen-bond acceptors (Lipinski definition) is 8. The lowest BCUT2D eigenvalue weighted by Gasteiger charge is -2.41. The largest absolute Gasteiger partial charge is 0.381 e. The molecule has 30 heavy (non-hydrogen) atoms. The van der Waals surface area contributed by atoms with Crippen LogP contribution in [0.1, 0.15) is 18.4 Å². The van der Waals surface area contributed by atoms with Gasteiger partial charge in [0.15, 0.2) is 5.82 Å². The molecule has 2 aromatic rings. The molecule has 1 atom stereocenters. The van der Waals surface area contributed by atoms with Crippen LogP contribution < -0.4 is 21.7 Å². The number of nitrogens with zero attached hydrogens (tertiary/aromatic N) is 3. The first-order valence-corrected chi connectivity index (χ1v) is 11.1. The Morgan fingerprint density at radius 1 is 1.33 bits per heavy atom. The van der Waals surface area contributed by atoms with E-state index in [9.17, 15) is 4.79 Å². The monoisotopic (exact) mass is 446 g/mol. The predicted octanol–water partition coefficient (Wildman–Crippen LogP) is 2.30. The standard InChI is InChI=1S/C20H23ClN6O2S/c21-16-12(2-1-11-7-15(28)26-17(11)16)30-19-18(23)25-14(8-24-19)27-5-3-20(4-6-27)10-29-9-13(20)22/h1-2,8,13H,3-7,9-10,22H2,(H2,23,25)(H,26,28)/t13-/m1/s1. The number of rotatable bonds is 3. The molecule has 1 aromatic heterocycles. The molecule has 2 saturated heterocycles. The summed E-state index contributed by atoms with van der Waals surface area (Å²) >= 11 is 7.84. The number of carbonyl (C=O) groups is 1. The van der Waals surface area contributed by atoms with Crippen LogP contribution in [0.15, 0.2) is 28.3 Å². The second-order valence-electron chi connectivity index (χ2n) is 8.13. The number of hydrogen-bond donors (Lipinski definition) is 3. The summed E-state index contributed by atoms with van der Waals surface area (Å²) in [6, 6.07) is 3.90. The van der Waals surface area contributed by atoms with Crippen LogP contribution in [0.5, 0.6) is 0 Å². The molecule has 5 N–H and O–H groups in total. The molecule has 1 aromatic carbocycles. The SMILES string of the molecule is Nc1nc(N2CCC3(CC2)COC[C@H]3N)cnc1Sc1ccc2c(c1Cl)NC(=O)C2. The van der Waals surface area contributed by atoms with E-state index in [4.69, 9.17) is 27.8 Å². The minimum Gasteiger partial charge on any atom is -0.381 e. The van der Waals surface area contributed by atoms with Gasteiger partial charge >= 0.3 is 0 Å². The van der Waals surface area contributed by atoms with Gasteiger partial charge in [-0.05, 0) is 24.5 Å². The number of nitrogens with one attached hydrogen (secondary N) is 1. The highest BCUT2D eigenvalue weighted by Gasteiger charge is 2.44. The van der Waals surface area contributed by atoms with Crippen LogP contribution in [0.25, 0.3) is 0 Å². The predicted molar refractivity (Wildman–Crippen MR) is 117 cm³/mol. The number of halogens is 1. The second kappa shape index (κ2) is 7.56. The molecule has 5 rings (SSSR count). The van der Waals surface area contributed by atoms with Crippen LogP contribution in [-0.4, -0.2) is 48.2 Å². The van der Waals surface area contributed by atoms with Gasteiger partial charge in [-0.1, -0.05) is 29.4 Å². The highest BCUT2D eigenvalue weighted by Crippen LogP contribution is 2.43. The van der Waals surface area contributed by atoms with Crippen molar-refractivity contribution in [3.8, 4) is 0 Å². The van der Waals surface area contributed by atoms with Crippen molar-refractivity contribution in [2.45, 2.75) is 35.2 Å². The second-order valence-corrected chi connectivity index (χ2v) is 9.54. The summed E-state index contributed by atoms with van der Waals surface area (Å²) < 4.78 is 5.60. The number of anilines is 3. The average molecular weight is 447 g/mol. The minimum atomic E-state index is -0.0499. The maximum Gasteiger partial charge on any atom is 0.228 e. The van der Waals surface area contributed by atoms with E-state index in [1.54, 1.807) is 6.20 Å². The maximum absolute atomic E-state index is 11.6. The molecule has 158 valence electrons. The van der Waals surface area contributed by atoms with Crippen molar-refractivity contribution in [3.05, 3.63) is 28.9 Å². The quantitative estimate of drug-likeness (QED) is 0.657. The third-order valence-electron chi connectivity index (χ3n) is 6.32. The zero-order chi connectivity index (χ0) is 20.9. The van der Waals surface area contributed by atoms with Gasteiger partial charge in [-0.15, -0.1) is 0 Å². The molecule has 0 bridgehead atoms. The van der Waals surface area contributed by atoms with Crippen molar-refractivity contribution in [3.63, 3.8) is 0 Å². The number of aromatic nitrogens is 2. The molecule has 8 nitrogen and oxygen atoms in total. The molecule has 3 aliphatic rings. The van der Waals surface area contributed by atoms with Crippen LogP contribution >= 0.6 is 23.4 Å². The van der Waals surface area contributed by atoms with E-state index in [0.29, 0.717) is 34.6 Å². The Balaban J connectivity index is 1.30. The zero-order valence-corrected chi connectivity index (χ0v) is 17.9. The Bertz CT molecular complexity index is 1010. The molecule has 0 saturated carbocycles. The topological polar surface area (TPSA) is 119 Å². The van der Waals surface area contributed by atoms with Crippen LogP contribution in [-0.2, 0) is 16.0 Å². The van der Waals surface area contributed by atoms with Gasteiger partial charge in [-0.25, -0.2) is 9.97 Å². The number of nitrogen functional groups attached to an aromatic ring is 1. The van der Waals surface area contributed by atoms with Gasteiger partial charge in [0.25, 0.3) is 0 Å². The van der Waals surface area contributed by atoms with E-state index < -0.39 is 0 Å². The highest BCUT2D eigenvalue weighted by atomic mass is 35.5. The third-order valence-corrected chi connectivity index (χ3v) is 7.90. The molecule has 1 spiro atoms. The first kappa shape index (κ1) is 19.9. The van der Waals surface area contributed by atoms with E-state index in [0.717, 1.165) is 48.8 Å². The van der Waals surface area contributed by atoms with E-state index in [1.165, 1.54) is 11.8 Å². The number of piperidine rings is 1. The van der Waals surface area contributed by atoms with Gasteiger partial charge in [-0.3, -0.25) is 4.79 Å². The Morgan fingerprint density at radius 3 is 2.83 bits per heavy atom. The van der Waals surface area contributed by atoms with Gasteiger partial charge in [0.2, 0.25) is 5.91 Å². The molecule has 2 fully saturated rings. The fourth-order valence-corrected chi connectivity index (χ4v) is 5.54. The van der Waals surface area contributed by atoms with Crippen LogP contribution in [0.4, 0.5) is 17.3 Å². The van der Waals surface area contributed by atoms with Crippen LogP contribution in [0.3, 0.4) is 0 Å². The Hall–Kier alpha value is -2.07. The molecular weight excluding hydrogens is 424 g/mol. The molecular formula is C20H23ClN6O2S. The normalized spacial score (nSPS) is 22.4. The van der Waals surface area contributed by atoms with Crippen molar-refractivity contribution in [1.82, 2.24) is 9.97 Å². The van der Waals surface area contributed by atoms with Crippen molar-refractivity contribution >= 4 is 46.6 Å². The van der Waals surface area contributed by atoms with Crippen molar-refractivity contribution in [2.24, 2.45) is 11.1 Å². The number of fused-ring (bicyclic) bond motifs is 1. The fourth-order valence-electron chi connectivity index (χ4n) is 4.40. The fraction of sp³-hybridized carbons (Fsp3) is 0.450. The van der Waals surface area contributed by atoms with Crippen molar-refractivity contribution in [2.75, 3.05) is 42.3 Å². The van der Waals surface area contributed by atoms with Gasteiger partial charge in [0, 0.05) is 29.4 Å². The van der Waals surface area contributed by atoms with E-state index in [1.807, 2.05) is 12.1 Å². The van der Waals surface area contributed by atoms with Crippen LogP contribution in [0, 0.1) is 5.41 Å². The molecule has 4 heterocycles. The number of benzene rings is 1. The molecule has 0 unspecified atom stereocenters. The van der Waals surface area contributed by atoms with Gasteiger partial charge in [0.05, 0.1) is 36.5 Å². The van der Waals surface area contributed by atoms with Gasteiger partial charge in [0.1, 0.15) is 10.8 Å². The molecule has 0 aliphatic carbocycles. The van der Waals surface area contributed by atoms with Gasteiger partial charge in [-0.2, -0.15) is 0 Å². The highest BCUT2D eigenvalue weighted by molar-refractivity contribution is 7.99. The summed E-state index contributed by atoms with van der Waals surface area (Å²) in [7, 11) is 0. The Kier molecular flexibility index (Phi) is 5.01.